The minimum absolute atomic E-state index is 0.0679. The molecule has 2 aromatic carbocycles. The maximum Gasteiger partial charge on any atom is 0.262 e. The normalized spacial score (nSPS) is 13.8. The zero-order valence-electron chi connectivity index (χ0n) is 10.6. The monoisotopic (exact) mass is 459 g/mol. The van der Waals surface area contributed by atoms with Gasteiger partial charge in [-0.2, -0.15) is 0 Å². The van der Waals surface area contributed by atoms with Gasteiger partial charge in [-0.3, -0.25) is 14.5 Å². The van der Waals surface area contributed by atoms with Crippen molar-refractivity contribution in [1.29, 1.82) is 0 Å². The van der Waals surface area contributed by atoms with Crippen molar-refractivity contribution in [2.24, 2.45) is 0 Å². The smallest absolute Gasteiger partial charge is 0.262 e. The van der Waals surface area contributed by atoms with Gasteiger partial charge < -0.3 is 0 Å². The Bertz CT molecular complexity index is 778. The lowest BCUT2D eigenvalue weighted by molar-refractivity contribution is 0.0640. The van der Waals surface area contributed by atoms with Crippen LogP contribution in [0.15, 0.2) is 40.9 Å². The van der Waals surface area contributed by atoms with Crippen LogP contribution in [-0.2, 0) is 6.54 Å². The van der Waals surface area contributed by atoms with Crippen LogP contribution in [0.3, 0.4) is 0 Å². The Morgan fingerprint density at radius 3 is 2.57 bits per heavy atom. The van der Waals surface area contributed by atoms with Crippen LogP contribution in [-0.4, -0.2) is 16.7 Å². The first-order valence-corrected chi connectivity index (χ1v) is 7.95. The van der Waals surface area contributed by atoms with Crippen molar-refractivity contribution in [2.45, 2.75) is 6.54 Å². The summed E-state index contributed by atoms with van der Waals surface area (Å²) in [6, 6.07) is 9.69. The molecule has 0 saturated carbocycles. The van der Waals surface area contributed by atoms with Crippen molar-refractivity contribution in [3.8, 4) is 0 Å². The Morgan fingerprint density at radius 2 is 1.90 bits per heavy atom. The van der Waals surface area contributed by atoms with E-state index in [0.29, 0.717) is 21.2 Å². The number of carbonyl (C=O) groups excluding carboxylic acids is 2. The quantitative estimate of drug-likeness (QED) is 0.503. The van der Waals surface area contributed by atoms with Crippen LogP contribution in [0.1, 0.15) is 26.3 Å². The Morgan fingerprint density at radius 1 is 1.14 bits per heavy atom. The molecule has 6 heteroatoms. The van der Waals surface area contributed by atoms with Crippen LogP contribution < -0.4 is 0 Å². The summed E-state index contributed by atoms with van der Waals surface area (Å²) in [4.78, 5) is 25.8. The van der Waals surface area contributed by atoms with Gasteiger partial charge in [0.25, 0.3) is 11.8 Å². The van der Waals surface area contributed by atoms with E-state index in [0.717, 1.165) is 8.47 Å². The molecule has 2 amide bonds. The van der Waals surface area contributed by atoms with Crippen LogP contribution in [0.25, 0.3) is 0 Å². The number of hydrogen-bond donors (Lipinski definition) is 0. The van der Waals surface area contributed by atoms with Crippen molar-refractivity contribution >= 4 is 50.3 Å². The number of amides is 2. The molecule has 3 rings (SSSR count). The van der Waals surface area contributed by atoms with Gasteiger partial charge >= 0.3 is 0 Å². The second-order valence-corrected chi connectivity index (χ2v) is 6.67. The van der Waals surface area contributed by atoms with Crippen LogP contribution in [0, 0.1) is 9.39 Å². The summed E-state index contributed by atoms with van der Waals surface area (Å²) in [7, 11) is 0. The Kier molecular flexibility index (Phi) is 3.83. The molecule has 3 nitrogen and oxygen atoms in total. The van der Waals surface area contributed by atoms with Gasteiger partial charge in [0.15, 0.2) is 0 Å². The molecule has 0 saturated heterocycles. The van der Waals surface area contributed by atoms with Gasteiger partial charge in [0, 0.05) is 13.6 Å². The van der Waals surface area contributed by atoms with E-state index in [1.165, 1.54) is 6.07 Å². The van der Waals surface area contributed by atoms with E-state index in [1.807, 2.05) is 22.6 Å². The summed E-state index contributed by atoms with van der Waals surface area (Å²) in [6.45, 7) is -0.0679. The van der Waals surface area contributed by atoms with E-state index in [1.54, 1.807) is 30.3 Å². The largest absolute Gasteiger partial charge is 0.270 e. The SMILES string of the molecule is O=C1c2cccc(I)c2C(=O)N1Cc1ccc(Br)cc1F. The summed E-state index contributed by atoms with van der Waals surface area (Å²) >= 11 is 5.20. The summed E-state index contributed by atoms with van der Waals surface area (Å²) in [5.41, 5.74) is 1.09. The fourth-order valence-corrected chi connectivity index (χ4v) is 3.32. The number of halogens is 3. The van der Waals surface area contributed by atoms with E-state index in [2.05, 4.69) is 15.9 Å². The van der Waals surface area contributed by atoms with Crippen LogP contribution in [0.2, 0.25) is 0 Å². The van der Waals surface area contributed by atoms with Gasteiger partial charge in [-0.25, -0.2) is 4.39 Å². The minimum atomic E-state index is -0.448. The van der Waals surface area contributed by atoms with Crippen molar-refractivity contribution in [3.63, 3.8) is 0 Å². The van der Waals surface area contributed by atoms with Gasteiger partial charge in [0.2, 0.25) is 0 Å². The van der Waals surface area contributed by atoms with Crippen molar-refractivity contribution in [2.75, 3.05) is 0 Å². The lowest BCUT2D eigenvalue weighted by Crippen LogP contribution is -2.29. The molecule has 1 heterocycles. The van der Waals surface area contributed by atoms with Crippen LogP contribution >= 0.6 is 38.5 Å². The molecule has 0 atom stereocenters. The summed E-state index contributed by atoms with van der Waals surface area (Å²) < 4.78 is 15.2. The second kappa shape index (κ2) is 5.49. The Hall–Kier alpha value is -1.28. The summed E-state index contributed by atoms with van der Waals surface area (Å²) in [5.74, 6) is -1.20. The molecular weight excluding hydrogens is 452 g/mol. The zero-order chi connectivity index (χ0) is 15.1. The van der Waals surface area contributed by atoms with E-state index in [-0.39, 0.29) is 18.4 Å². The molecule has 2 aromatic rings. The molecule has 1 aliphatic heterocycles. The van der Waals surface area contributed by atoms with Crippen molar-refractivity contribution in [3.05, 3.63) is 66.9 Å². The standard InChI is InChI=1S/C15H8BrFINO2/c16-9-5-4-8(11(17)6-9)7-19-14(20)10-2-1-3-12(18)13(10)15(19)21/h1-6H,7H2. The van der Waals surface area contributed by atoms with Crippen molar-refractivity contribution in [1.82, 2.24) is 4.90 Å². The van der Waals surface area contributed by atoms with Crippen LogP contribution in [0.4, 0.5) is 4.39 Å². The highest BCUT2D eigenvalue weighted by molar-refractivity contribution is 14.1. The molecule has 0 aromatic heterocycles. The molecule has 0 bridgehead atoms. The van der Waals surface area contributed by atoms with Gasteiger partial charge in [-0.05, 0) is 46.9 Å². The third-order valence-corrected chi connectivity index (χ3v) is 4.68. The summed E-state index contributed by atoms with van der Waals surface area (Å²) in [5, 5.41) is 0. The second-order valence-electron chi connectivity index (χ2n) is 4.59. The number of carbonyl (C=O) groups is 2. The molecule has 21 heavy (non-hydrogen) atoms. The van der Waals surface area contributed by atoms with E-state index < -0.39 is 5.82 Å². The number of imide groups is 1. The molecule has 0 unspecified atom stereocenters. The Labute approximate surface area is 142 Å². The zero-order valence-corrected chi connectivity index (χ0v) is 14.3. The average molecular weight is 460 g/mol. The van der Waals surface area contributed by atoms with Gasteiger partial charge in [0.1, 0.15) is 5.82 Å². The number of nitrogens with zero attached hydrogens (tertiary/aromatic N) is 1. The fourth-order valence-electron chi connectivity index (χ4n) is 2.26. The fraction of sp³-hybridized carbons (Fsp3) is 0.0667. The predicted octanol–water partition coefficient (Wildman–Crippen LogP) is 3.99. The molecule has 1 aliphatic rings. The molecule has 0 aliphatic carbocycles. The third kappa shape index (κ3) is 2.50. The predicted molar refractivity (Wildman–Crippen MR) is 87.5 cm³/mol. The molecule has 0 spiro atoms. The first-order chi connectivity index (χ1) is 9.99. The maximum atomic E-state index is 13.9. The maximum absolute atomic E-state index is 13.9. The van der Waals surface area contributed by atoms with Crippen molar-refractivity contribution < 1.29 is 14.0 Å². The highest BCUT2D eigenvalue weighted by atomic mass is 127. The molecule has 106 valence electrons. The topological polar surface area (TPSA) is 37.4 Å². The highest BCUT2D eigenvalue weighted by Crippen LogP contribution is 2.29. The van der Waals surface area contributed by atoms with E-state index in [4.69, 9.17) is 0 Å². The number of hydrogen-bond acceptors (Lipinski definition) is 2. The first kappa shape index (κ1) is 14.6. The molecule has 0 N–H and O–H groups in total. The lowest BCUT2D eigenvalue weighted by atomic mass is 10.1. The van der Waals surface area contributed by atoms with Crippen LogP contribution in [0.5, 0.6) is 0 Å². The number of rotatable bonds is 2. The van der Waals surface area contributed by atoms with Gasteiger partial charge in [-0.1, -0.05) is 28.1 Å². The lowest BCUT2D eigenvalue weighted by Gasteiger charge is -2.14. The van der Waals surface area contributed by atoms with E-state index >= 15 is 0 Å². The molecule has 0 fully saturated rings. The Balaban J connectivity index is 1.97. The van der Waals surface area contributed by atoms with Gasteiger partial charge in [0.05, 0.1) is 17.7 Å². The number of fused-ring (bicyclic) bond motifs is 1. The average Bonchev–Trinajstić information content (AvgIpc) is 2.68. The van der Waals surface area contributed by atoms with E-state index in [9.17, 15) is 14.0 Å². The highest BCUT2D eigenvalue weighted by Gasteiger charge is 2.37. The first-order valence-electron chi connectivity index (χ1n) is 6.07. The molecule has 0 radical (unpaired) electrons. The minimum Gasteiger partial charge on any atom is -0.270 e. The summed E-state index contributed by atoms with van der Waals surface area (Å²) in [6.07, 6.45) is 0. The number of benzene rings is 2. The third-order valence-electron chi connectivity index (χ3n) is 3.29. The molecular formula is C15H8BrFINO2. The van der Waals surface area contributed by atoms with Gasteiger partial charge in [-0.15, -0.1) is 0 Å².